The minimum Gasteiger partial charge on any atom is -0.507 e. The summed E-state index contributed by atoms with van der Waals surface area (Å²) in [6.45, 7) is 0. The number of nitro benzene ring substituents is 1. The van der Waals surface area contributed by atoms with Gasteiger partial charge in [0.1, 0.15) is 5.75 Å². The van der Waals surface area contributed by atoms with Gasteiger partial charge in [0, 0.05) is 22.6 Å². The van der Waals surface area contributed by atoms with Gasteiger partial charge in [-0.15, -0.1) is 0 Å². The van der Waals surface area contributed by atoms with Crippen molar-refractivity contribution in [2.45, 2.75) is 0 Å². The van der Waals surface area contributed by atoms with E-state index < -0.39 is 10.8 Å². The molecule has 0 radical (unpaired) electrons. The highest BCUT2D eigenvalue weighted by atomic mass is 35.5. The quantitative estimate of drug-likeness (QED) is 0.300. The molecule has 110 valence electrons. The van der Waals surface area contributed by atoms with Crippen molar-refractivity contribution < 1.29 is 14.8 Å². The van der Waals surface area contributed by atoms with Gasteiger partial charge in [0.2, 0.25) is 0 Å². The molecule has 2 aromatic rings. The van der Waals surface area contributed by atoms with E-state index in [0.29, 0.717) is 11.1 Å². The zero-order chi connectivity index (χ0) is 16.3. The van der Waals surface area contributed by atoms with Crippen LogP contribution in [0.2, 0.25) is 5.02 Å². The summed E-state index contributed by atoms with van der Waals surface area (Å²) in [5.41, 5.74) is 8.79. The highest BCUT2D eigenvalue weighted by Crippen LogP contribution is 2.33. The average molecular weight is 319 g/mol. The van der Waals surface area contributed by atoms with Crippen LogP contribution < -0.4 is 0 Å². The summed E-state index contributed by atoms with van der Waals surface area (Å²) >= 11 is 6.01. The van der Waals surface area contributed by atoms with Gasteiger partial charge in [0.25, 0.3) is 11.6 Å². The Kier molecular flexibility index (Phi) is 4.26. The predicted octanol–water partition coefficient (Wildman–Crippen LogP) is 4.07. The molecule has 0 aliphatic carbocycles. The fraction of sp³-hybridized carbons (Fsp3) is 0. The normalized spacial score (nSPS) is 9.86. The Hall–Kier alpha value is -3.09. The number of rotatable bonds is 3. The van der Waals surface area contributed by atoms with Crippen LogP contribution in [0.3, 0.4) is 0 Å². The zero-order valence-electron chi connectivity index (χ0n) is 10.8. The van der Waals surface area contributed by atoms with Gasteiger partial charge in [-0.1, -0.05) is 17.7 Å². The van der Waals surface area contributed by atoms with Crippen LogP contribution in [0.15, 0.2) is 41.5 Å². The van der Waals surface area contributed by atoms with Crippen molar-refractivity contribution in [2.24, 2.45) is 5.11 Å². The molecule has 0 aromatic heterocycles. The molecule has 22 heavy (non-hydrogen) atoms. The second kappa shape index (κ2) is 6.13. The Balaban J connectivity index is 2.54. The lowest BCUT2D eigenvalue weighted by Gasteiger charge is -2.07. The van der Waals surface area contributed by atoms with E-state index in [-0.39, 0.29) is 22.0 Å². The highest BCUT2D eigenvalue weighted by molar-refractivity contribution is 6.33. The summed E-state index contributed by atoms with van der Waals surface area (Å²) in [4.78, 5) is 24.0. The number of aromatic hydroxyl groups is 1. The Labute approximate surface area is 128 Å². The molecule has 1 N–H and O–H groups in total. The third-order valence-electron chi connectivity index (χ3n) is 2.84. The summed E-state index contributed by atoms with van der Waals surface area (Å²) in [5, 5.41) is 23.3. The maximum atomic E-state index is 11.6. The van der Waals surface area contributed by atoms with Gasteiger partial charge in [0.15, 0.2) is 0 Å². The number of non-ortho nitro benzene ring substituents is 1. The molecule has 9 heteroatoms. The molecule has 1 amide bonds. The van der Waals surface area contributed by atoms with Crippen LogP contribution in [0.4, 0.5) is 5.69 Å². The summed E-state index contributed by atoms with van der Waals surface area (Å²) in [5.74, 6) is -1.29. The molecule has 8 nitrogen and oxygen atoms in total. The van der Waals surface area contributed by atoms with E-state index in [2.05, 4.69) is 10.0 Å². The van der Waals surface area contributed by atoms with Crippen molar-refractivity contribution in [2.75, 3.05) is 0 Å². The molecule has 0 saturated heterocycles. The minimum atomic E-state index is -0.945. The monoisotopic (exact) mass is 318 g/mol. The maximum Gasteiger partial charge on any atom is 0.270 e. The number of hydrogen-bond acceptors (Lipinski definition) is 4. The number of nitro groups is 1. The summed E-state index contributed by atoms with van der Waals surface area (Å²) in [6.07, 6.45) is 0. The first kappa shape index (κ1) is 15.3. The van der Waals surface area contributed by atoms with Gasteiger partial charge in [-0.25, -0.2) is 0 Å². The number of carbonyl (C=O) groups is 1. The van der Waals surface area contributed by atoms with Crippen LogP contribution in [0.1, 0.15) is 10.4 Å². The molecule has 0 saturated carbocycles. The van der Waals surface area contributed by atoms with Crippen molar-refractivity contribution in [1.29, 1.82) is 0 Å². The maximum absolute atomic E-state index is 11.6. The van der Waals surface area contributed by atoms with E-state index in [1.807, 2.05) is 0 Å². The SMILES string of the molecule is [N-]=[N+]=NC(=O)c1cc(-c2ccc([N+](=O)[O-])cc2Cl)ccc1O. The molecule has 0 unspecified atom stereocenters. The molecule has 2 rings (SSSR count). The van der Waals surface area contributed by atoms with Crippen molar-refractivity contribution in [1.82, 2.24) is 0 Å². The number of amides is 1. The van der Waals surface area contributed by atoms with Gasteiger partial charge in [0.05, 0.1) is 15.5 Å². The lowest BCUT2D eigenvalue weighted by molar-refractivity contribution is -0.384. The van der Waals surface area contributed by atoms with E-state index in [1.165, 1.54) is 36.4 Å². The van der Waals surface area contributed by atoms with E-state index in [9.17, 15) is 20.0 Å². The number of halogens is 1. The van der Waals surface area contributed by atoms with Crippen LogP contribution in [0, 0.1) is 10.1 Å². The molecule has 0 fully saturated rings. The van der Waals surface area contributed by atoms with Crippen molar-refractivity contribution in [3.05, 3.63) is 67.5 Å². The van der Waals surface area contributed by atoms with E-state index in [0.717, 1.165) is 0 Å². The fourth-order valence-electron chi connectivity index (χ4n) is 1.82. The van der Waals surface area contributed by atoms with E-state index in [1.54, 1.807) is 0 Å². The van der Waals surface area contributed by atoms with Crippen molar-refractivity contribution in [3.63, 3.8) is 0 Å². The number of nitrogens with zero attached hydrogens (tertiary/aromatic N) is 4. The number of benzene rings is 2. The van der Waals surface area contributed by atoms with Crippen LogP contribution in [0.5, 0.6) is 5.75 Å². The molecule has 0 aliphatic heterocycles. The number of phenolic OH excluding ortho intramolecular Hbond substituents is 1. The van der Waals surface area contributed by atoms with Gasteiger partial charge in [-0.05, 0) is 34.4 Å². The number of phenols is 1. The van der Waals surface area contributed by atoms with Crippen LogP contribution in [-0.2, 0) is 0 Å². The molecule has 0 atom stereocenters. The Morgan fingerprint density at radius 3 is 2.64 bits per heavy atom. The first-order valence-electron chi connectivity index (χ1n) is 5.81. The number of azide groups is 1. The Morgan fingerprint density at radius 1 is 1.32 bits per heavy atom. The van der Waals surface area contributed by atoms with Gasteiger partial charge < -0.3 is 5.11 Å². The lowest BCUT2D eigenvalue weighted by atomic mass is 10.0. The van der Waals surface area contributed by atoms with Crippen LogP contribution in [-0.4, -0.2) is 15.9 Å². The molecule has 2 aromatic carbocycles. The van der Waals surface area contributed by atoms with Gasteiger partial charge in [-0.3, -0.25) is 14.9 Å². The third-order valence-corrected chi connectivity index (χ3v) is 3.15. The van der Waals surface area contributed by atoms with Crippen LogP contribution in [0.25, 0.3) is 21.6 Å². The summed E-state index contributed by atoms with van der Waals surface area (Å²) < 4.78 is 0. The predicted molar refractivity (Wildman–Crippen MR) is 78.7 cm³/mol. The molecular formula is C13H7ClN4O4. The zero-order valence-corrected chi connectivity index (χ0v) is 11.6. The Bertz CT molecular complexity index is 831. The molecular weight excluding hydrogens is 312 g/mol. The van der Waals surface area contributed by atoms with E-state index >= 15 is 0 Å². The topological polar surface area (TPSA) is 129 Å². The lowest BCUT2D eigenvalue weighted by Crippen LogP contribution is -1.95. The highest BCUT2D eigenvalue weighted by Gasteiger charge is 2.14. The molecule has 0 aliphatic rings. The number of carbonyl (C=O) groups excluding carboxylic acids is 1. The van der Waals surface area contributed by atoms with Crippen molar-refractivity contribution in [3.8, 4) is 16.9 Å². The van der Waals surface area contributed by atoms with Crippen LogP contribution >= 0.6 is 11.6 Å². The second-order valence-corrected chi connectivity index (χ2v) is 4.55. The fourth-order valence-corrected chi connectivity index (χ4v) is 2.10. The Morgan fingerprint density at radius 2 is 2.05 bits per heavy atom. The standard InChI is InChI=1S/C13H7ClN4O4/c14-11-6-8(18(21)22)2-3-9(11)7-1-4-12(19)10(5-7)13(20)16-17-15/h1-6,19H. The smallest absolute Gasteiger partial charge is 0.270 e. The number of hydrogen-bond donors (Lipinski definition) is 1. The van der Waals surface area contributed by atoms with Gasteiger partial charge >= 0.3 is 0 Å². The molecule has 0 bridgehead atoms. The largest absolute Gasteiger partial charge is 0.507 e. The minimum absolute atomic E-state index is 0.113. The second-order valence-electron chi connectivity index (χ2n) is 4.15. The summed E-state index contributed by atoms with van der Waals surface area (Å²) in [7, 11) is 0. The third kappa shape index (κ3) is 2.98. The van der Waals surface area contributed by atoms with Crippen molar-refractivity contribution >= 4 is 23.2 Å². The van der Waals surface area contributed by atoms with Gasteiger partial charge in [-0.2, -0.15) is 0 Å². The molecule has 0 heterocycles. The average Bonchev–Trinajstić information content (AvgIpc) is 2.48. The summed E-state index contributed by atoms with van der Waals surface area (Å²) in [6, 6.07) is 7.89. The first-order chi connectivity index (χ1) is 10.4. The van der Waals surface area contributed by atoms with E-state index in [4.69, 9.17) is 17.1 Å². The molecule has 0 spiro atoms. The first-order valence-corrected chi connectivity index (χ1v) is 6.18.